The van der Waals surface area contributed by atoms with Gasteiger partial charge in [-0.15, -0.1) is 0 Å². The molecule has 3 N–H and O–H groups in total. The molecule has 0 atom stereocenters. The van der Waals surface area contributed by atoms with E-state index in [4.69, 9.17) is 11.0 Å². The van der Waals surface area contributed by atoms with E-state index < -0.39 is 0 Å². The normalized spacial score (nSPS) is 16.4. The Balaban J connectivity index is 2.04. The number of anilines is 1. The summed E-state index contributed by atoms with van der Waals surface area (Å²) in [5.41, 5.74) is 5.86. The smallest absolute Gasteiger partial charge is 0.344 e. The number of nitrogens with zero attached hydrogens (tertiary/aromatic N) is 3. The van der Waals surface area contributed by atoms with Gasteiger partial charge in [-0.1, -0.05) is 19.3 Å². The predicted molar refractivity (Wildman–Crippen MR) is 62.2 cm³/mol. The van der Waals surface area contributed by atoms with E-state index in [0.29, 0.717) is 0 Å². The lowest BCUT2D eigenvalue weighted by Gasteiger charge is -2.22. The van der Waals surface area contributed by atoms with Crippen LogP contribution in [0.15, 0.2) is 6.20 Å². The van der Waals surface area contributed by atoms with Crippen molar-refractivity contribution in [1.29, 1.82) is 5.26 Å². The first-order valence-electron chi connectivity index (χ1n) is 5.77. The molecule has 0 spiro atoms. The number of nitriles is 1. The molecule has 1 heterocycles. The van der Waals surface area contributed by atoms with Crippen molar-refractivity contribution < 1.29 is 4.79 Å². The third-order valence-electron chi connectivity index (χ3n) is 3.05. The first-order valence-corrected chi connectivity index (χ1v) is 5.77. The van der Waals surface area contributed by atoms with Gasteiger partial charge in [-0.3, -0.25) is 0 Å². The van der Waals surface area contributed by atoms with Gasteiger partial charge in [0.25, 0.3) is 0 Å². The molecule has 1 saturated carbocycles. The van der Waals surface area contributed by atoms with Crippen LogP contribution < -0.4 is 11.1 Å². The summed E-state index contributed by atoms with van der Waals surface area (Å²) < 4.78 is 1.05. The van der Waals surface area contributed by atoms with Crippen molar-refractivity contribution in [3.8, 4) is 6.07 Å². The highest BCUT2D eigenvalue weighted by Crippen LogP contribution is 2.18. The van der Waals surface area contributed by atoms with Crippen LogP contribution in [0.5, 0.6) is 0 Å². The summed E-state index contributed by atoms with van der Waals surface area (Å²) in [6.07, 6.45) is 6.81. The van der Waals surface area contributed by atoms with Crippen LogP contribution in [-0.2, 0) is 0 Å². The van der Waals surface area contributed by atoms with Crippen molar-refractivity contribution in [3.63, 3.8) is 0 Å². The van der Waals surface area contributed by atoms with Gasteiger partial charge in [0.15, 0.2) is 0 Å². The van der Waals surface area contributed by atoms with Gasteiger partial charge in [-0.2, -0.15) is 15.0 Å². The number of carbonyl (C=O) groups is 1. The molecular weight excluding hydrogens is 218 g/mol. The number of amides is 1. The molecule has 1 aliphatic carbocycles. The van der Waals surface area contributed by atoms with Crippen LogP contribution in [-0.4, -0.2) is 21.9 Å². The van der Waals surface area contributed by atoms with Gasteiger partial charge in [-0.25, -0.2) is 4.79 Å². The fourth-order valence-electron chi connectivity index (χ4n) is 2.09. The zero-order chi connectivity index (χ0) is 12.3. The maximum Gasteiger partial charge on any atom is 0.344 e. The van der Waals surface area contributed by atoms with E-state index in [0.717, 1.165) is 30.4 Å². The molecule has 17 heavy (non-hydrogen) atoms. The van der Waals surface area contributed by atoms with Gasteiger partial charge in [0, 0.05) is 6.04 Å². The largest absolute Gasteiger partial charge is 0.382 e. The van der Waals surface area contributed by atoms with E-state index in [-0.39, 0.29) is 23.5 Å². The van der Waals surface area contributed by atoms with Crippen LogP contribution in [0, 0.1) is 11.3 Å². The SMILES string of the molecule is N#Cc1cnn(C(=O)NC2CCCCC2)c1N. The fourth-order valence-corrected chi connectivity index (χ4v) is 2.09. The summed E-state index contributed by atoms with van der Waals surface area (Å²) in [5, 5.41) is 15.4. The molecule has 90 valence electrons. The van der Waals surface area contributed by atoms with Gasteiger partial charge in [0.2, 0.25) is 0 Å². The summed E-state index contributed by atoms with van der Waals surface area (Å²) in [7, 11) is 0. The standard InChI is InChI=1S/C11H15N5O/c12-6-8-7-14-16(10(8)13)11(17)15-9-4-2-1-3-5-9/h7,9H,1-5,13H2,(H,15,17). The van der Waals surface area contributed by atoms with Crippen molar-refractivity contribution in [2.75, 3.05) is 5.73 Å². The fraction of sp³-hybridized carbons (Fsp3) is 0.545. The Bertz CT molecular complexity index is 453. The molecule has 1 fully saturated rings. The van der Waals surface area contributed by atoms with Crippen LogP contribution in [0.1, 0.15) is 37.7 Å². The molecule has 0 saturated heterocycles. The highest BCUT2D eigenvalue weighted by atomic mass is 16.2. The van der Waals surface area contributed by atoms with Gasteiger partial charge < -0.3 is 11.1 Å². The number of nitrogens with two attached hydrogens (primary N) is 1. The maximum atomic E-state index is 11.9. The van der Waals surface area contributed by atoms with Crippen molar-refractivity contribution in [2.45, 2.75) is 38.1 Å². The zero-order valence-corrected chi connectivity index (χ0v) is 9.52. The number of carbonyl (C=O) groups excluding carboxylic acids is 1. The monoisotopic (exact) mass is 233 g/mol. The quantitative estimate of drug-likeness (QED) is 0.762. The number of aromatic nitrogens is 2. The summed E-state index contributed by atoms with van der Waals surface area (Å²) in [6, 6.07) is 1.73. The molecular formula is C11H15N5O. The van der Waals surface area contributed by atoms with Crippen molar-refractivity contribution in [3.05, 3.63) is 11.8 Å². The molecule has 1 aromatic rings. The second kappa shape index (κ2) is 4.87. The van der Waals surface area contributed by atoms with Crippen LogP contribution >= 0.6 is 0 Å². The first kappa shape index (κ1) is 11.5. The molecule has 6 heteroatoms. The van der Waals surface area contributed by atoms with Gasteiger partial charge >= 0.3 is 6.03 Å². The molecule has 6 nitrogen and oxygen atoms in total. The molecule has 0 radical (unpaired) electrons. The summed E-state index contributed by atoms with van der Waals surface area (Å²) in [6.45, 7) is 0. The topological polar surface area (TPSA) is 96.7 Å². The molecule has 1 aromatic heterocycles. The van der Waals surface area contributed by atoms with Crippen LogP contribution in [0.2, 0.25) is 0 Å². The summed E-state index contributed by atoms with van der Waals surface area (Å²) >= 11 is 0. The lowest BCUT2D eigenvalue weighted by molar-refractivity contribution is 0.232. The third-order valence-corrected chi connectivity index (χ3v) is 3.05. The van der Waals surface area contributed by atoms with Crippen molar-refractivity contribution in [1.82, 2.24) is 15.1 Å². The summed E-state index contributed by atoms with van der Waals surface area (Å²) in [5.74, 6) is 0.0980. The minimum Gasteiger partial charge on any atom is -0.382 e. The zero-order valence-electron chi connectivity index (χ0n) is 9.52. The second-order valence-electron chi connectivity index (χ2n) is 4.25. The van der Waals surface area contributed by atoms with E-state index in [1.165, 1.54) is 12.6 Å². The Hall–Kier alpha value is -2.03. The minimum absolute atomic E-state index is 0.0980. The Morgan fingerprint density at radius 2 is 2.24 bits per heavy atom. The molecule has 2 rings (SSSR count). The Morgan fingerprint density at radius 3 is 2.82 bits per heavy atom. The second-order valence-corrected chi connectivity index (χ2v) is 4.25. The lowest BCUT2D eigenvalue weighted by atomic mass is 9.96. The lowest BCUT2D eigenvalue weighted by Crippen LogP contribution is -2.39. The van der Waals surface area contributed by atoms with Crippen LogP contribution in [0.3, 0.4) is 0 Å². The van der Waals surface area contributed by atoms with E-state index >= 15 is 0 Å². The number of rotatable bonds is 1. The van der Waals surface area contributed by atoms with Gasteiger partial charge in [-0.05, 0) is 12.8 Å². The Labute approximate surface area is 99.4 Å². The first-order chi connectivity index (χ1) is 8.22. The van der Waals surface area contributed by atoms with Crippen LogP contribution in [0.25, 0.3) is 0 Å². The average Bonchev–Trinajstić information content (AvgIpc) is 2.71. The van der Waals surface area contributed by atoms with Gasteiger partial charge in [0.05, 0.1) is 6.20 Å². The summed E-state index contributed by atoms with van der Waals surface area (Å²) in [4.78, 5) is 11.9. The molecule has 0 unspecified atom stereocenters. The number of nitrogens with one attached hydrogen (secondary N) is 1. The maximum absolute atomic E-state index is 11.9. The van der Waals surface area contributed by atoms with Crippen molar-refractivity contribution in [2.24, 2.45) is 0 Å². The minimum atomic E-state index is -0.351. The number of nitrogen functional groups attached to an aromatic ring is 1. The van der Waals surface area contributed by atoms with E-state index in [1.807, 2.05) is 6.07 Å². The van der Waals surface area contributed by atoms with E-state index in [2.05, 4.69) is 10.4 Å². The number of hydrogen-bond donors (Lipinski definition) is 2. The highest BCUT2D eigenvalue weighted by Gasteiger charge is 2.19. The van der Waals surface area contributed by atoms with E-state index in [9.17, 15) is 4.79 Å². The number of hydrogen-bond acceptors (Lipinski definition) is 4. The molecule has 0 aliphatic heterocycles. The predicted octanol–water partition coefficient (Wildman–Crippen LogP) is 1.23. The van der Waals surface area contributed by atoms with E-state index in [1.54, 1.807) is 0 Å². The average molecular weight is 233 g/mol. The van der Waals surface area contributed by atoms with Crippen LogP contribution in [0.4, 0.5) is 10.6 Å². The molecule has 0 bridgehead atoms. The Kier molecular flexibility index (Phi) is 3.28. The molecule has 1 amide bonds. The van der Waals surface area contributed by atoms with Crippen molar-refractivity contribution >= 4 is 11.8 Å². The van der Waals surface area contributed by atoms with Gasteiger partial charge in [0.1, 0.15) is 17.5 Å². The highest BCUT2D eigenvalue weighted by molar-refractivity contribution is 5.80. The molecule has 0 aromatic carbocycles. The Morgan fingerprint density at radius 1 is 1.53 bits per heavy atom. The third kappa shape index (κ3) is 2.38. The molecule has 1 aliphatic rings.